The molecule has 2 saturated heterocycles. The van der Waals surface area contributed by atoms with E-state index in [-0.39, 0.29) is 29.3 Å². The van der Waals surface area contributed by atoms with Crippen molar-refractivity contribution in [2.45, 2.75) is 63.8 Å². The summed E-state index contributed by atoms with van der Waals surface area (Å²) in [6, 6.07) is 0.0555. The molecule has 16 heavy (non-hydrogen) atoms. The molecule has 1 N–H and O–H groups in total. The van der Waals surface area contributed by atoms with Gasteiger partial charge >= 0.3 is 5.97 Å². The van der Waals surface area contributed by atoms with E-state index in [4.69, 9.17) is 9.47 Å². The van der Waals surface area contributed by atoms with E-state index >= 15 is 0 Å². The number of hydrogen-bond donors (Lipinski definition) is 1. The number of carbonyl (C=O) groups excluding carboxylic acids is 1. The van der Waals surface area contributed by atoms with Crippen molar-refractivity contribution in [1.82, 2.24) is 5.32 Å². The molecule has 0 aromatic carbocycles. The summed E-state index contributed by atoms with van der Waals surface area (Å²) in [6.45, 7) is 8.85. The van der Waals surface area contributed by atoms with E-state index in [9.17, 15) is 4.79 Å². The van der Waals surface area contributed by atoms with E-state index in [1.165, 1.54) is 0 Å². The highest BCUT2D eigenvalue weighted by Crippen LogP contribution is 2.37. The van der Waals surface area contributed by atoms with Crippen molar-refractivity contribution in [1.29, 1.82) is 0 Å². The van der Waals surface area contributed by atoms with Crippen LogP contribution in [0, 0.1) is 0 Å². The lowest BCUT2D eigenvalue weighted by atomic mass is 9.93. The van der Waals surface area contributed by atoms with Crippen LogP contribution in [0.25, 0.3) is 0 Å². The zero-order valence-electron chi connectivity index (χ0n) is 10.5. The van der Waals surface area contributed by atoms with E-state index in [0.717, 1.165) is 12.8 Å². The first kappa shape index (κ1) is 11.9. The molecule has 2 atom stereocenters. The molecule has 4 heteroatoms. The molecule has 4 nitrogen and oxygen atoms in total. The number of nitrogens with one attached hydrogen (secondary N) is 1. The van der Waals surface area contributed by atoms with Gasteiger partial charge in [0.25, 0.3) is 0 Å². The Balaban J connectivity index is 2.02. The fourth-order valence-corrected chi connectivity index (χ4v) is 2.71. The van der Waals surface area contributed by atoms with Gasteiger partial charge in [0.05, 0.1) is 17.8 Å². The quantitative estimate of drug-likeness (QED) is 0.721. The van der Waals surface area contributed by atoms with Gasteiger partial charge < -0.3 is 9.47 Å². The van der Waals surface area contributed by atoms with E-state index in [2.05, 4.69) is 33.0 Å². The average Bonchev–Trinajstić information content (AvgIpc) is 2.56. The minimum absolute atomic E-state index is 0.121. The van der Waals surface area contributed by atoms with Gasteiger partial charge in [0.15, 0.2) is 0 Å². The van der Waals surface area contributed by atoms with Gasteiger partial charge in [-0.3, -0.25) is 10.1 Å². The van der Waals surface area contributed by atoms with E-state index in [1.807, 2.05) is 0 Å². The second kappa shape index (κ2) is 3.70. The number of cyclic esters (lactones) is 1. The van der Waals surface area contributed by atoms with Gasteiger partial charge in [-0.05, 0) is 34.1 Å². The van der Waals surface area contributed by atoms with Gasteiger partial charge in [-0.15, -0.1) is 0 Å². The van der Waals surface area contributed by atoms with Crippen LogP contribution in [-0.2, 0) is 14.3 Å². The van der Waals surface area contributed by atoms with Crippen LogP contribution in [0.2, 0.25) is 0 Å². The Labute approximate surface area is 96.7 Å². The summed E-state index contributed by atoms with van der Waals surface area (Å²) in [5, 5.41) is 3.37. The molecule has 0 unspecified atom stereocenters. The topological polar surface area (TPSA) is 47.6 Å². The molecule has 2 aliphatic heterocycles. The van der Waals surface area contributed by atoms with Crippen LogP contribution in [0.5, 0.6) is 0 Å². The lowest BCUT2D eigenvalue weighted by molar-refractivity contribution is -0.140. The summed E-state index contributed by atoms with van der Waals surface area (Å²) in [5.41, 5.74) is -0.351. The first-order valence-electron chi connectivity index (χ1n) is 5.93. The lowest BCUT2D eigenvalue weighted by Gasteiger charge is -2.28. The Hall–Kier alpha value is -0.610. The highest BCUT2D eigenvalue weighted by molar-refractivity contribution is 5.77. The minimum atomic E-state index is -0.230. The molecule has 0 aromatic rings. The third-order valence-corrected chi connectivity index (χ3v) is 3.41. The third kappa shape index (κ3) is 2.23. The van der Waals surface area contributed by atoms with E-state index < -0.39 is 0 Å². The summed E-state index contributed by atoms with van der Waals surface area (Å²) in [4.78, 5) is 11.4. The van der Waals surface area contributed by atoms with Crippen molar-refractivity contribution >= 4 is 5.97 Å². The fourth-order valence-electron chi connectivity index (χ4n) is 2.71. The maximum Gasteiger partial charge on any atom is 0.323 e. The summed E-state index contributed by atoms with van der Waals surface area (Å²) < 4.78 is 10.9. The van der Waals surface area contributed by atoms with Gasteiger partial charge in [-0.1, -0.05) is 0 Å². The van der Waals surface area contributed by atoms with E-state index in [1.54, 1.807) is 0 Å². The summed E-state index contributed by atoms with van der Waals surface area (Å²) >= 11 is 0. The second-order valence-corrected chi connectivity index (χ2v) is 5.90. The molecule has 0 aliphatic carbocycles. The molecule has 0 amide bonds. The van der Waals surface area contributed by atoms with E-state index in [0.29, 0.717) is 6.61 Å². The Morgan fingerprint density at radius 1 is 1.31 bits per heavy atom. The minimum Gasteiger partial charge on any atom is -0.464 e. The Morgan fingerprint density at radius 3 is 2.44 bits per heavy atom. The van der Waals surface area contributed by atoms with Crippen molar-refractivity contribution < 1.29 is 14.3 Å². The van der Waals surface area contributed by atoms with Crippen LogP contribution < -0.4 is 5.32 Å². The Morgan fingerprint density at radius 2 is 2.00 bits per heavy atom. The highest BCUT2D eigenvalue weighted by atomic mass is 16.5. The smallest absolute Gasteiger partial charge is 0.323 e. The largest absolute Gasteiger partial charge is 0.464 e. The molecule has 2 heterocycles. The van der Waals surface area contributed by atoms with Crippen molar-refractivity contribution in [3.63, 3.8) is 0 Å². The molecule has 2 fully saturated rings. The summed E-state index contributed by atoms with van der Waals surface area (Å²) in [5.74, 6) is -0.125. The predicted octanol–water partition coefficient (Wildman–Crippen LogP) is 1.24. The standard InChI is InChI=1S/C12H21NO3/c1-11(2)7-9(12(3,4)16-11)13-8-5-6-15-10(8)14/h8-9,13H,5-7H2,1-4H3/t8-,9-/m1/s1. The van der Waals surface area contributed by atoms with Gasteiger partial charge in [0, 0.05) is 12.5 Å². The molecule has 0 aromatic heterocycles. The van der Waals surface area contributed by atoms with Gasteiger partial charge in [-0.2, -0.15) is 0 Å². The zero-order valence-corrected chi connectivity index (χ0v) is 10.5. The van der Waals surface area contributed by atoms with Crippen LogP contribution in [0.15, 0.2) is 0 Å². The first-order chi connectivity index (χ1) is 7.30. The second-order valence-electron chi connectivity index (χ2n) is 5.90. The lowest BCUT2D eigenvalue weighted by Crippen LogP contribution is -2.49. The highest BCUT2D eigenvalue weighted by Gasteiger charge is 2.47. The number of ether oxygens (including phenoxy) is 2. The summed E-state index contributed by atoms with van der Waals surface area (Å²) in [6.07, 6.45) is 1.69. The average molecular weight is 227 g/mol. The van der Waals surface area contributed by atoms with Crippen molar-refractivity contribution in [3.8, 4) is 0 Å². The molecular weight excluding hydrogens is 206 g/mol. The van der Waals surface area contributed by atoms with Crippen molar-refractivity contribution in [3.05, 3.63) is 0 Å². The van der Waals surface area contributed by atoms with Gasteiger partial charge in [0.1, 0.15) is 6.04 Å². The number of carbonyl (C=O) groups is 1. The molecule has 0 radical (unpaired) electrons. The molecule has 2 rings (SSSR count). The van der Waals surface area contributed by atoms with Gasteiger partial charge in [0.2, 0.25) is 0 Å². The maximum atomic E-state index is 11.4. The molecule has 0 bridgehead atoms. The van der Waals surface area contributed by atoms with Crippen LogP contribution in [0.3, 0.4) is 0 Å². The number of esters is 1. The SMILES string of the molecule is CC1(C)C[C@@H](N[C@@H]2CCOC2=O)C(C)(C)O1. The Bertz CT molecular complexity index is 299. The number of rotatable bonds is 2. The monoisotopic (exact) mass is 227 g/mol. The molecule has 92 valence electrons. The van der Waals surface area contributed by atoms with Crippen LogP contribution in [-0.4, -0.2) is 35.9 Å². The first-order valence-corrected chi connectivity index (χ1v) is 5.93. The van der Waals surface area contributed by atoms with Crippen LogP contribution in [0.1, 0.15) is 40.5 Å². The summed E-state index contributed by atoms with van der Waals surface area (Å²) in [7, 11) is 0. The fraction of sp³-hybridized carbons (Fsp3) is 0.917. The normalized spacial score (nSPS) is 36.4. The zero-order chi connectivity index (χ0) is 12.0. The molecule has 0 spiro atoms. The molecular formula is C12H21NO3. The molecule has 0 saturated carbocycles. The van der Waals surface area contributed by atoms with Crippen molar-refractivity contribution in [2.24, 2.45) is 0 Å². The number of hydrogen-bond acceptors (Lipinski definition) is 4. The predicted molar refractivity (Wildman–Crippen MR) is 60.1 cm³/mol. The van der Waals surface area contributed by atoms with Gasteiger partial charge in [-0.25, -0.2) is 0 Å². The molecule has 2 aliphatic rings. The van der Waals surface area contributed by atoms with Crippen LogP contribution in [0.4, 0.5) is 0 Å². The Kier molecular flexibility index (Phi) is 2.75. The third-order valence-electron chi connectivity index (χ3n) is 3.41. The maximum absolute atomic E-state index is 11.4. The van der Waals surface area contributed by atoms with Crippen molar-refractivity contribution in [2.75, 3.05) is 6.61 Å². The van der Waals surface area contributed by atoms with Crippen LogP contribution >= 0.6 is 0 Å².